The molecule has 4 aliphatic carbocycles. The summed E-state index contributed by atoms with van der Waals surface area (Å²) in [6.07, 6.45) is 4.69. The normalized spacial score (nSPS) is 52.7. The lowest BCUT2D eigenvalue weighted by molar-refractivity contribution is -0.219. The Bertz CT molecular complexity index is 794. The summed E-state index contributed by atoms with van der Waals surface area (Å²) >= 11 is 0. The zero-order valence-electron chi connectivity index (χ0n) is 17.1. The van der Waals surface area contributed by atoms with Gasteiger partial charge in [-0.2, -0.15) is 0 Å². The highest BCUT2D eigenvalue weighted by molar-refractivity contribution is 5.83. The average molecular weight is 406 g/mol. The molecule has 2 bridgehead atoms. The number of carbonyl (C=O) groups is 3. The van der Waals surface area contributed by atoms with Gasteiger partial charge in [-0.05, 0) is 56.8 Å². The van der Waals surface area contributed by atoms with Crippen LogP contribution in [0.1, 0.15) is 71.6 Å². The summed E-state index contributed by atoms with van der Waals surface area (Å²) < 4.78 is 11.6. The fourth-order valence-electron chi connectivity index (χ4n) is 8.48. The molecule has 0 amide bonds. The first-order valence-electron chi connectivity index (χ1n) is 10.9. The van der Waals surface area contributed by atoms with Crippen LogP contribution < -0.4 is 0 Å². The number of ether oxygens (including phenoxy) is 2. The predicted molar refractivity (Wildman–Crippen MR) is 99.5 cm³/mol. The third-order valence-electron chi connectivity index (χ3n) is 9.55. The molecule has 0 aromatic carbocycles. The van der Waals surface area contributed by atoms with Gasteiger partial charge in [-0.3, -0.25) is 14.4 Å². The predicted octanol–water partition coefficient (Wildman–Crippen LogP) is 2.44. The smallest absolute Gasteiger partial charge is 0.316 e. The van der Waals surface area contributed by atoms with Crippen LogP contribution in [-0.4, -0.2) is 45.4 Å². The molecule has 4 saturated carbocycles. The van der Waals surface area contributed by atoms with E-state index in [1.54, 1.807) is 0 Å². The number of carboxylic acids is 1. The maximum absolute atomic E-state index is 13.4. The van der Waals surface area contributed by atoms with Crippen LogP contribution in [0, 0.1) is 28.6 Å². The van der Waals surface area contributed by atoms with E-state index in [1.165, 1.54) is 6.92 Å². The average Bonchev–Trinajstić information content (AvgIpc) is 3.07. The third kappa shape index (κ3) is 2.15. The van der Waals surface area contributed by atoms with E-state index in [0.29, 0.717) is 38.5 Å². The van der Waals surface area contributed by atoms with Crippen molar-refractivity contribution < 1.29 is 34.1 Å². The fraction of sp³-hybridized carbons (Fsp3) is 0.864. The number of fused-ring (bicyclic) bond motifs is 1. The Kier molecular flexibility index (Phi) is 3.83. The van der Waals surface area contributed by atoms with Crippen molar-refractivity contribution in [2.75, 3.05) is 0 Å². The van der Waals surface area contributed by atoms with Gasteiger partial charge < -0.3 is 19.7 Å². The quantitative estimate of drug-likeness (QED) is 0.678. The molecule has 2 N–H and O–H groups in total. The standard InChI is InChI=1S/C22H30O7/c1-12(23)28-13-5-8-21-16-6-7-19(2)14(17(24)25)3-4-15(19)22(16,29-18(21)26)10-9-20(21,27)11-13/h13-16,27H,3-11H2,1-2H3,(H,24,25)/t13-,14-,15-,16-,19-,20+,21-,22-/m0/s1. The lowest BCUT2D eigenvalue weighted by Crippen LogP contribution is -2.67. The van der Waals surface area contributed by atoms with E-state index in [-0.39, 0.29) is 41.7 Å². The minimum absolute atomic E-state index is 0.0221. The second-order valence-electron chi connectivity index (χ2n) is 10.4. The summed E-state index contributed by atoms with van der Waals surface area (Å²) in [6, 6.07) is 0. The molecule has 8 atom stereocenters. The number of aliphatic carboxylic acids is 1. The van der Waals surface area contributed by atoms with Gasteiger partial charge in [0.15, 0.2) is 0 Å². The van der Waals surface area contributed by atoms with Crippen molar-refractivity contribution in [2.45, 2.75) is 88.9 Å². The molecule has 0 aromatic heterocycles. The van der Waals surface area contributed by atoms with Crippen LogP contribution >= 0.6 is 0 Å². The molecule has 5 fully saturated rings. The maximum atomic E-state index is 13.4. The Morgan fingerprint density at radius 1 is 1.07 bits per heavy atom. The van der Waals surface area contributed by atoms with Gasteiger partial charge in [0.05, 0.1) is 11.5 Å². The van der Waals surface area contributed by atoms with Crippen LogP contribution in [-0.2, 0) is 23.9 Å². The summed E-state index contributed by atoms with van der Waals surface area (Å²) in [6.45, 7) is 3.43. The number of hydrogen-bond donors (Lipinski definition) is 2. The molecular weight excluding hydrogens is 376 g/mol. The summed E-state index contributed by atoms with van der Waals surface area (Å²) in [4.78, 5) is 36.7. The van der Waals surface area contributed by atoms with E-state index in [4.69, 9.17) is 9.47 Å². The van der Waals surface area contributed by atoms with E-state index in [9.17, 15) is 24.6 Å². The number of carboxylic acid groups (broad SMARTS) is 1. The van der Waals surface area contributed by atoms with Gasteiger partial charge in [-0.15, -0.1) is 0 Å². The Morgan fingerprint density at radius 3 is 2.52 bits per heavy atom. The van der Waals surface area contributed by atoms with Crippen molar-refractivity contribution in [1.82, 2.24) is 0 Å². The van der Waals surface area contributed by atoms with Crippen LogP contribution in [0.5, 0.6) is 0 Å². The second kappa shape index (κ2) is 5.74. The summed E-state index contributed by atoms with van der Waals surface area (Å²) in [5, 5.41) is 21.5. The van der Waals surface area contributed by atoms with E-state index < -0.39 is 28.5 Å². The molecule has 1 heterocycles. The van der Waals surface area contributed by atoms with Gasteiger partial charge in [0, 0.05) is 25.2 Å². The number of aliphatic hydroxyl groups is 1. The van der Waals surface area contributed by atoms with Gasteiger partial charge in [-0.25, -0.2) is 0 Å². The van der Waals surface area contributed by atoms with E-state index in [2.05, 4.69) is 6.92 Å². The molecule has 1 saturated heterocycles. The Labute approximate surface area is 170 Å². The van der Waals surface area contributed by atoms with Crippen molar-refractivity contribution >= 4 is 17.9 Å². The van der Waals surface area contributed by atoms with Gasteiger partial charge in [0.1, 0.15) is 17.1 Å². The first-order chi connectivity index (χ1) is 13.6. The molecular formula is C22H30O7. The van der Waals surface area contributed by atoms with Crippen LogP contribution in [0.3, 0.4) is 0 Å². The Hall–Kier alpha value is -1.63. The Balaban J connectivity index is 1.53. The van der Waals surface area contributed by atoms with Crippen LogP contribution in [0.2, 0.25) is 0 Å². The Morgan fingerprint density at radius 2 is 1.83 bits per heavy atom. The van der Waals surface area contributed by atoms with Crippen molar-refractivity contribution in [1.29, 1.82) is 0 Å². The first-order valence-corrected chi connectivity index (χ1v) is 10.9. The zero-order valence-corrected chi connectivity index (χ0v) is 17.1. The van der Waals surface area contributed by atoms with E-state index >= 15 is 0 Å². The first kappa shape index (κ1) is 19.3. The minimum atomic E-state index is -1.23. The minimum Gasteiger partial charge on any atom is -0.481 e. The van der Waals surface area contributed by atoms with Gasteiger partial charge in [0.2, 0.25) is 0 Å². The van der Waals surface area contributed by atoms with E-state index in [0.717, 1.165) is 12.8 Å². The molecule has 7 heteroatoms. The number of hydrogen-bond acceptors (Lipinski definition) is 6. The highest BCUT2D eigenvalue weighted by atomic mass is 16.6. The van der Waals surface area contributed by atoms with Crippen molar-refractivity contribution in [3.05, 3.63) is 0 Å². The highest BCUT2D eigenvalue weighted by Crippen LogP contribution is 2.74. The summed E-state index contributed by atoms with van der Waals surface area (Å²) in [7, 11) is 0. The molecule has 0 aromatic rings. The molecule has 7 nitrogen and oxygen atoms in total. The lowest BCUT2D eigenvalue weighted by Gasteiger charge is -2.61. The molecule has 160 valence electrons. The van der Waals surface area contributed by atoms with Crippen LogP contribution in [0.25, 0.3) is 0 Å². The van der Waals surface area contributed by atoms with Gasteiger partial charge in [0.25, 0.3) is 0 Å². The molecule has 1 aliphatic heterocycles. The monoisotopic (exact) mass is 406 g/mol. The fourth-order valence-corrected chi connectivity index (χ4v) is 8.48. The molecule has 0 unspecified atom stereocenters. The molecule has 5 rings (SSSR count). The number of carbonyl (C=O) groups excluding carboxylic acids is 2. The topological polar surface area (TPSA) is 110 Å². The molecule has 0 radical (unpaired) electrons. The van der Waals surface area contributed by atoms with Crippen LogP contribution in [0.15, 0.2) is 0 Å². The van der Waals surface area contributed by atoms with Gasteiger partial charge in [-0.1, -0.05) is 6.92 Å². The maximum Gasteiger partial charge on any atom is 0.316 e. The number of esters is 2. The summed E-state index contributed by atoms with van der Waals surface area (Å²) in [5.41, 5.74) is -3.22. The largest absolute Gasteiger partial charge is 0.481 e. The van der Waals surface area contributed by atoms with Crippen molar-refractivity contribution in [3.63, 3.8) is 0 Å². The lowest BCUT2D eigenvalue weighted by atomic mass is 9.42. The van der Waals surface area contributed by atoms with Gasteiger partial charge >= 0.3 is 17.9 Å². The molecule has 29 heavy (non-hydrogen) atoms. The van der Waals surface area contributed by atoms with Crippen molar-refractivity contribution in [2.24, 2.45) is 28.6 Å². The van der Waals surface area contributed by atoms with E-state index in [1.807, 2.05) is 0 Å². The molecule has 1 spiro atoms. The second-order valence-corrected chi connectivity index (χ2v) is 10.4. The molecule has 5 aliphatic rings. The number of rotatable bonds is 2. The third-order valence-corrected chi connectivity index (χ3v) is 9.55. The highest BCUT2D eigenvalue weighted by Gasteiger charge is 2.80. The zero-order chi connectivity index (χ0) is 20.8. The summed E-state index contributed by atoms with van der Waals surface area (Å²) in [5.74, 6) is -1.91. The van der Waals surface area contributed by atoms with Crippen LogP contribution in [0.4, 0.5) is 0 Å². The SMILES string of the molecule is CC(=O)O[C@H]1CC[C@]23C(=O)O[C@]4(CC[C@@]2(O)C1)[C@H]3CC[C@@]1(C)[C@H](C(=O)O)CC[C@@H]14. The van der Waals surface area contributed by atoms with Crippen molar-refractivity contribution in [3.8, 4) is 0 Å².